The highest BCUT2D eigenvalue weighted by Crippen LogP contribution is 2.48. The highest BCUT2D eigenvalue weighted by molar-refractivity contribution is 6.01. The van der Waals surface area contributed by atoms with Crippen LogP contribution in [-0.2, 0) is 21.5 Å². The van der Waals surface area contributed by atoms with E-state index in [2.05, 4.69) is 26.7 Å². The molecule has 2 aromatic rings. The number of piperazine rings is 1. The van der Waals surface area contributed by atoms with Crippen molar-refractivity contribution in [2.24, 2.45) is 5.92 Å². The SMILES string of the molecule is CN1CCN(Cc2ccc(C3(C(=O)Nc4cc(NCC5CC5)c(C#N)cn4)CC3)nc2C=O)C(=O)C1. The van der Waals surface area contributed by atoms with Crippen LogP contribution in [0, 0.1) is 17.2 Å². The van der Waals surface area contributed by atoms with E-state index in [0.29, 0.717) is 73.0 Å². The normalized spacial score (nSPS) is 18.9. The maximum Gasteiger partial charge on any atom is 0.237 e. The van der Waals surface area contributed by atoms with Gasteiger partial charge in [0.25, 0.3) is 0 Å². The lowest BCUT2D eigenvalue weighted by atomic mass is 9.98. The number of hydrogen-bond acceptors (Lipinski definition) is 8. The molecule has 10 nitrogen and oxygen atoms in total. The molecule has 0 unspecified atom stereocenters. The van der Waals surface area contributed by atoms with Crippen molar-refractivity contribution in [2.75, 3.05) is 43.9 Å². The minimum atomic E-state index is -0.822. The monoisotopic (exact) mass is 487 g/mol. The van der Waals surface area contributed by atoms with E-state index >= 15 is 0 Å². The van der Waals surface area contributed by atoms with Gasteiger partial charge in [-0.2, -0.15) is 5.26 Å². The summed E-state index contributed by atoms with van der Waals surface area (Å²) in [6.45, 7) is 2.83. The van der Waals surface area contributed by atoms with E-state index in [-0.39, 0.29) is 17.5 Å². The van der Waals surface area contributed by atoms with E-state index in [9.17, 15) is 19.6 Å². The molecule has 0 bridgehead atoms. The fourth-order valence-electron chi connectivity index (χ4n) is 4.50. The van der Waals surface area contributed by atoms with Crippen molar-refractivity contribution in [2.45, 2.75) is 37.6 Å². The second kappa shape index (κ2) is 9.66. The number of aromatic nitrogens is 2. The Hall–Kier alpha value is -3.84. The van der Waals surface area contributed by atoms with Gasteiger partial charge in [0.15, 0.2) is 6.29 Å². The maximum atomic E-state index is 13.3. The molecule has 1 aliphatic heterocycles. The summed E-state index contributed by atoms with van der Waals surface area (Å²) in [7, 11) is 1.90. The molecule has 0 aromatic carbocycles. The number of rotatable bonds is 9. The second-order valence-electron chi connectivity index (χ2n) is 10.00. The van der Waals surface area contributed by atoms with E-state index in [1.54, 1.807) is 23.1 Å². The van der Waals surface area contributed by atoms with Crippen molar-refractivity contribution < 1.29 is 14.4 Å². The van der Waals surface area contributed by atoms with Crippen LogP contribution in [0.2, 0.25) is 0 Å². The van der Waals surface area contributed by atoms with Crippen molar-refractivity contribution in [3.05, 3.63) is 46.9 Å². The summed E-state index contributed by atoms with van der Waals surface area (Å²) in [4.78, 5) is 50.0. The number of carbonyl (C=O) groups is 3. The fraction of sp³-hybridized carbons (Fsp3) is 0.462. The van der Waals surface area contributed by atoms with Crippen LogP contribution >= 0.6 is 0 Å². The van der Waals surface area contributed by atoms with Gasteiger partial charge >= 0.3 is 0 Å². The lowest BCUT2D eigenvalue weighted by Gasteiger charge is -2.32. The van der Waals surface area contributed by atoms with Gasteiger partial charge in [0.05, 0.1) is 28.9 Å². The molecule has 3 aliphatic rings. The molecule has 36 heavy (non-hydrogen) atoms. The summed E-state index contributed by atoms with van der Waals surface area (Å²) in [6, 6.07) is 7.40. The third-order valence-electron chi connectivity index (χ3n) is 7.21. The van der Waals surface area contributed by atoms with Gasteiger partial charge in [-0.05, 0) is 44.7 Å². The van der Waals surface area contributed by atoms with E-state index < -0.39 is 5.41 Å². The molecule has 2 aromatic heterocycles. The predicted molar refractivity (Wildman–Crippen MR) is 132 cm³/mol. The zero-order valence-corrected chi connectivity index (χ0v) is 20.3. The van der Waals surface area contributed by atoms with Gasteiger partial charge in [0, 0.05) is 44.0 Å². The number of anilines is 2. The average molecular weight is 488 g/mol. The summed E-state index contributed by atoms with van der Waals surface area (Å²) in [5.41, 5.74) is 1.72. The highest BCUT2D eigenvalue weighted by atomic mass is 16.2. The molecule has 0 spiro atoms. The molecule has 2 aliphatic carbocycles. The number of pyridine rings is 2. The largest absolute Gasteiger partial charge is 0.384 e. The van der Waals surface area contributed by atoms with Crippen LogP contribution in [-0.4, -0.2) is 71.1 Å². The summed E-state index contributed by atoms with van der Waals surface area (Å²) >= 11 is 0. The molecule has 0 radical (unpaired) electrons. The number of amides is 2. The average Bonchev–Trinajstić information content (AvgIpc) is 3.80. The van der Waals surface area contributed by atoms with E-state index in [4.69, 9.17) is 0 Å². The standard InChI is InChI=1S/C26H29N7O3/c1-32-8-9-33(24(35)15-32)14-18-4-5-22(30-21(18)16-34)26(6-7-26)25(36)31-23-10-20(19(11-27)13-29-23)28-12-17-2-3-17/h4-5,10,13,16-17H,2-3,6-9,12,14-15H2,1H3,(H2,28,29,31,36). The number of nitriles is 1. The molecule has 1 saturated heterocycles. The van der Waals surface area contributed by atoms with Gasteiger partial charge in [-0.15, -0.1) is 0 Å². The molecule has 10 heteroatoms. The fourth-order valence-corrected chi connectivity index (χ4v) is 4.50. The predicted octanol–water partition coefficient (Wildman–Crippen LogP) is 1.93. The van der Waals surface area contributed by atoms with Crippen molar-refractivity contribution in [1.29, 1.82) is 5.26 Å². The Morgan fingerprint density at radius 3 is 2.78 bits per heavy atom. The number of hydrogen-bond donors (Lipinski definition) is 2. The lowest BCUT2D eigenvalue weighted by molar-refractivity contribution is -0.136. The molecule has 3 fully saturated rings. The first-order valence-corrected chi connectivity index (χ1v) is 12.3. The zero-order chi connectivity index (χ0) is 25.3. The molecule has 0 atom stereocenters. The Labute approximate surface area is 209 Å². The Morgan fingerprint density at radius 1 is 1.31 bits per heavy atom. The molecule has 186 valence electrons. The van der Waals surface area contributed by atoms with Crippen molar-refractivity contribution >= 4 is 29.6 Å². The van der Waals surface area contributed by atoms with Crippen LogP contribution in [0.4, 0.5) is 11.5 Å². The van der Waals surface area contributed by atoms with Crippen LogP contribution in [0.5, 0.6) is 0 Å². The first-order chi connectivity index (χ1) is 17.4. The molecular weight excluding hydrogens is 458 g/mol. The second-order valence-corrected chi connectivity index (χ2v) is 10.00. The van der Waals surface area contributed by atoms with Gasteiger partial charge in [0.1, 0.15) is 17.6 Å². The van der Waals surface area contributed by atoms with Crippen molar-refractivity contribution in [3.63, 3.8) is 0 Å². The van der Waals surface area contributed by atoms with Gasteiger partial charge in [-0.25, -0.2) is 9.97 Å². The summed E-state index contributed by atoms with van der Waals surface area (Å²) < 4.78 is 0. The lowest BCUT2D eigenvalue weighted by Crippen LogP contribution is -2.48. The van der Waals surface area contributed by atoms with Gasteiger partial charge in [0.2, 0.25) is 11.8 Å². The maximum absolute atomic E-state index is 13.3. The van der Waals surface area contributed by atoms with Crippen molar-refractivity contribution in [1.82, 2.24) is 19.8 Å². The minimum Gasteiger partial charge on any atom is -0.384 e. The third-order valence-corrected chi connectivity index (χ3v) is 7.21. The Bertz CT molecular complexity index is 1250. The Morgan fingerprint density at radius 2 is 2.11 bits per heavy atom. The van der Waals surface area contributed by atoms with Crippen LogP contribution in [0.15, 0.2) is 24.4 Å². The Kier molecular flexibility index (Phi) is 6.41. The summed E-state index contributed by atoms with van der Waals surface area (Å²) in [5.74, 6) is 0.778. The Balaban J connectivity index is 1.31. The van der Waals surface area contributed by atoms with Crippen molar-refractivity contribution in [3.8, 4) is 6.07 Å². The molecule has 2 saturated carbocycles. The first-order valence-electron chi connectivity index (χ1n) is 12.3. The first kappa shape index (κ1) is 23.9. The van der Waals surface area contributed by atoms with Crippen LogP contribution in [0.3, 0.4) is 0 Å². The topological polar surface area (TPSA) is 131 Å². The van der Waals surface area contributed by atoms with E-state index in [1.807, 2.05) is 11.9 Å². The van der Waals surface area contributed by atoms with Crippen LogP contribution in [0.1, 0.15) is 53.0 Å². The van der Waals surface area contributed by atoms with Gasteiger partial charge in [-0.1, -0.05) is 6.07 Å². The van der Waals surface area contributed by atoms with Crippen LogP contribution < -0.4 is 10.6 Å². The smallest absolute Gasteiger partial charge is 0.237 e. The van der Waals surface area contributed by atoms with Gasteiger partial charge in [-0.3, -0.25) is 19.3 Å². The van der Waals surface area contributed by atoms with E-state index in [1.165, 1.54) is 19.0 Å². The highest BCUT2D eigenvalue weighted by Gasteiger charge is 2.53. The third kappa shape index (κ3) is 4.93. The number of carbonyl (C=O) groups excluding carboxylic acids is 3. The summed E-state index contributed by atoms with van der Waals surface area (Å²) in [5, 5.41) is 15.6. The number of nitrogens with zero attached hydrogens (tertiary/aromatic N) is 5. The molecular formula is C26H29N7O3. The minimum absolute atomic E-state index is 0.0172. The van der Waals surface area contributed by atoms with E-state index in [0.717, 1.165) is 13.1 Å². The number of aldehydes is 1. The zero-order valence-electron chi connectivity index (χ0n) is 20.3. The molecule has 3 heterocycles. The molecule has 2 N–H and O–H groups in total. The number of likely N-dealkylation sites (N-methyl/N-ethyl adjacent to an activating group) is 1. The summed E-state index contributed by atoms with van der Waals surface area (Å²) in [6.07, 6.45) is 5.75. The quantitative estimate of drug-likeness (QED) is 0.513. The van der Waals surface area contributed by atoms with Crippen LogP contribution in [0.25, 0.3) is 0 Å². The molecule has 2 amide bonds. The molecule has 5 rings (SSSR count). The number of nitrogens with one attached hydrogen (secondary N) is 2. The van der Waals surface area contributed by atoms with Gasteiger partial charge < -0.3 is 15.5 Å².